The van der Waals surface area contributed by atoms with Crippen molar-refractivity contribution in [1.29, 1.82) is 0 Å². The molecular weight excluding hydrogens is 269 g/mol. The lowest BCUT2D eigenvalue weighted by Crippen LogP contribution is -2.30. The van der Waals surface area contributed by atoms with Crippen LogP contribution in [0, 0.1) is 18.7 Å². The molecule has 2 aromatic rings. The van der Waals surface area contributed by atoms with Gasteiger partial charge in [0.15, 0.2) is 0 Å². The first-order valence-electron chi connectivity index (χ1n) is 7.10. The summed E-state index contributed by atoms with van der Waals surface area (Å²) in [5, 5.41) is 4.23. The molecule has 0 radical (unpaired) electrons. The Kier molecular flexibility index (Phi) is 5.03. The van der Waals surface area contributed by atoms with Crippen LogP contribution in [0.25, 0.3) is 0 Å². The van der Waals surface area contributed by atoms with Gasteiger partial charge in [0.05, 0.1) is 6.04 Å². The molecule has 0 fully saturated rings. The number of nitrogens with two attached hydrogens (primary N) is 1. The first-order chi connectivity index (χ1) is 10.0. The second kappa shape index (κ2) is 6.78. The predicted molar refractivity (Wildman–Crippen MR) is 79.8 cm³/mol. The minimum atomic E-state index is -0.226. The Morgan fingerprint density at radius 2 is 2.14 bits per heavy atom. The van der Waals surface area contributed by atoms with E-state index in [4.69, 9.17) is 5.84 Å². The van der Waals surface area contributed by atoms with Gasteiger partial charge in [-0.3, -0.25) is 11.3 Å². The molecular formula is C15H22FN5. The average molecular weight is 291 g/mol. The van der Waals surface area contributed by atoms with Gasteiger partial charge in [0.25, 0.3) is 0 Å². The lowest BCUT2D eigenvalue weighted by molar-refractivity contribution is 0.446. The third-order valence-electron chi connectivity index (χ3n) is 3.42. The summed E-state index contributed by atoms with van der Waals surface area (Å²) in [6.45, 7) is 6.79. The second-order valence-electron chi connectivity index (χ2n) is 5.68. The minimum Gasteiger partial charge on any atom is -0.271 e. The topological polar surface area (TPSA) is 68.8 Å². The van der Waals surface area contributed by atoms with E-state index in [0.717, 1.165) is 17.9 Å². The number of aryl methyl sites for hydroxylation is 1. The van der Waals surface area contributed by atoms with Gasteiger partial charge in [-0.05, 0) is 30.0 Å². The number of nitrogens with one attached hydrogen (secondary N) is 1. The van der Waals surface area contributed by atoms with E-state index in [1.54, 1.807) is 19.3 Å². The van der Waals surface area contributed by atoms with E-state index >= 15 is 0 Å². The van der Waals surface area contributed by atoms with Crippen molar-refractivity contribution < 1.29 is 4.39 Å². The maximum Gasteiger partial charge on any atom is 0.138 e. The minimum absolute atomic E-state index is 0.199. The molecule has 0 aliphatic carbocycles. The van der Waals surface area contributed by atoms with Gasteiger partial charge in [-0.25, -0.2) is 14.1 Å². The standard InChI is InChI=1S/C15H22FN5/c1-10(2)8-21-15(18-9-19-21)7-14(20-17)12-5-4-11(3)13(16)6-12/h4-6,9-10,14,20H,7-8,17H2,1-3H3. The van der Waals surface area contributed by atoms with Crippen molar-refractivity contribution in [2.75, 3.05) is 0 Å². The number of rotatable bonds is 6. The van der Waals surface area contributed by atoms with Crippen LogP contribution in [0.5, 0.6) is 0 Å². The van der Waals surface area contributed by atoms with Crippen molar-refractivity contribution in [1.82, 2.24) is 20.2 Å². The lowest BCUT2D eigenvalue weighted by Gasteiger charge is -2.17. The summed E-state index contributed by atoms with van der Waals surface area (Å²) in [4.78, 5) is 4.29. The molecule has 1 aromatic heterocycles. The fourth-order valence-corrected chi connectivity index (χ4v) is 2.23. The molecule has 1 heterocycles. The molecule has 0 saturated carbocycles. The summed E-state index contributed by atoms with van der Waals surface area (Å²) in [5.41, 5.74) is 4.16. The van der Waals surface area contributed by atoms with E-state index < -0.39 is 0 Å². The van der Waals surface area contributed by atoms with Gasteiger partial charge in [0.1, 0.15) is 18.0 Å². The zero-order valence-corrected chi connectivity index (χ0v) is 12.7. The molecule has 6 heteroatoms. The van der Waals surface area contributed by atoms with Crippen LogP contribution >= 0.6 is 0 Å². The summed E-state index contributed by atoms with van der Waals surface area (Å²) in [7, 11) is 0. The van der Waals surface area contributed by atoms with Crippen LogP contribution in [-0.4, -0.2) is 14.8 Å². The van der Waals surface area contributed by atoms with Crippen LogP contribution in [0.15, 0.2) is 24.5 Å². The fourth-order valence-electron chi connectivity index (χ4n) is 2.23. The van der Waals surface area contributed by atoms with Gasteiger partial charge in [-0.15, -0.1) is 0 Å². The molecule has 3 N–H and O–H groups in total. The van der Waals surface area contributed by atoms with E-state index in [-0.39, 0.29) is 11.9 Å². The largest absolute Gasteiger partial charge is 0.271 e. The smallest absolute Gasteiger partial charge is 0.138 e. The molecule has 21 heavy (non-hydrogen) atoms. The van der Waals surface area contributed by atoms with E-state index in [2.05, 4.69) is 29.4 Å². The SMILES string of the molecule is Cc1ccc(C(Cc2ncnn2CC(C)C)NN)cc1F. The molecule has 0 saturated heterocycles. The molecule has 114 valence electrons. The Labute approximate surface area is 124 Å². The van der Waals surface area contributed by atoms with Gasteiger partial charge in [-0.1, -0.05) is 26.0 Å². The summed E-state index contributed by atoms with van der Waals surface area (Å²) in [5.74, 6) is 6.72. The van der Waals surface area contributed by atoms with Crippen molar-refractivity contribution in [3.8, 4) is 0 Å². The zero-order valence-electron chi connectivity index (χ0n) is 12.7. The monoisotopic (exact) mass is 291 g/mol. The van der Waals surface area contributed by atoms with Gasteiger partial charge in [-0.2, -0.15) is 5.10 Å². The molecule has 1 atom stereocenters. The number of benzene rings is 1. The van der Waals surface area contributed by atoms with Crippen molar-refractivity contribution in [3.63, 3.8) is 0 Å². The van der Waals surface area contributed by atoms with Crippen molar-refractivity contribution in [3.05, 3.63) is 47.3 Å². The van der Waals surface area contributed by atoms with Crippen molar-refractivity contribution in [2.45, 2.75) is 39.8 Å². The summed E-state index contributed by atoms with van der Waals surface area (Å²) in [6, 6.07) is 4.96. The highest BCUT2D eigenvalue weighted by atomic mass is 19.1. The summed E-state index contributed by atoms with van der Waals surface area (Å²) in [6.07, 6.45) is 2.10. The van der Waals surface area contributed by atoms with E-state index in [0.29, 0.717) is 17.9 Å². The average Bonchev–Trinajstić information content (AvgIpc) is 2.85. The number of hydrogen-bond acceptors (Lipinski definition) is 4. The fraction of sp³-hybridized carbons (Fsp3) is 0.467. The second-order valence-corrected chi connectivity index (χ2v) is 5.68. The number of aromatic nitrogens is 3. The quantitative estimate of drug-likeness (QED) is 0.632. The van der Waals surface area contributed by atoms with Gasteiger partial charge >= 0.3 is 0 Å². The molecule has 0 amide bonds. The van der Waals surface area contributed by atoms with Gasteiger partial charge < -0.3 is 0 Å². The van der Waals surface area contributed by atoms with Crippen molar-refractivity contribution >= 4 is 0 Å². The molecule has 0 spiro atoms. The molecule has 0 aliphatic heterocycles. The van der Waals surface area contributed by atoms with Crippen molar-refractivity contribution in [2.24, 2.45) is 11.8 Å². The van der Waals surface area contributed by atoms with E-state index in [9.17, 15) is 4.39 Å². The maximum atomic E-state index is 13.7. The molecule has 0 bridgehead atoms. The number of hydrazine groups is 1. The van der Waals surface area contributed by atoms with Gasteiger partial charge in [0.2, 0.25) is 0 Å². The van der Waals surface area contributed by atoms with Crippen LogP contribution in [0.4, 0.5) is 4.39 Å². The third-order valence-corrected chi connectivity index (χ3v) is 3.42. The molecule has 1 unspecified atom stereocenters. The first kappa shape index (κ1) is 15.6. The number of hydrogen-bond donors (Lipinski definition) is 2. The Hall–Kier alpha value is -1.79. The Morgan fingerprint density at radius 1 is 1.38 bits per heavy atom. The lowest BCUT2D eigenvalue weighted by atomic mass is 10.0. The van der Waals surface area contributed by atoms with Crippen LogP contribution in [-0.2, 0) is 13.0 Å². The zero-order chi connectivity index (χ0) is 15.4. The molecule has 1 aromatic carbocycles. The van der Waals surface area contributed by atoms with Crippen LogP contribution < -0.4 is 11.3 Å². The number of halogens is 1. The van der Waals surface area contributed by atoms with Crippen LogP contribution in [0.3, 0.4) is 0 Å². The highest BCUT2D eigenvalue weighted by Crippen LogP contribution is 2.19. The molecule has 0 aliphatic rings. The number of nitrogens with zero attached hydrogens (tertiary/aromatic N) is 3. The van der Waals surface area contributed by atoms with Crippen LogP contribution in [0.1, 0.15) is 36.8 Å². The van der Waals surface area contributed by atoms with E-state index in [1.807, 2.05) is 10.7 Å². The Morgan fingerprint density at radius 3 is 2.76 bits per heavy atom. The first-order valence-corrected chi connectivity index (χ1v) is 7.10. The molecule has 2 rings (SSSR count). The maximum absolute atomic E-state index is 13.7. The molecule has 5 nitrogen and oxygen atoms in total. The van der Waals surface area contributed by atoms with E-state index in [1.165, 1.54) is 6.07 Å². The Bertz CT molecular complexity index is 593. The Balaban J connectivity index is 2.19. The normalized spacial score (nSPS) is 12.9. The van der Waals surface area contributed by atoms with Gasteiger partial charge in [0, 0.05) is 13.0 Å². The highest BCUT2D eigenvalue weighted by molar-refractivity contribution is 5.26. The predicted octanol–water partition coefficient (Wildman–Crippen LogP) is 2.13. The summed E-state index contributed by atoms with van der Waals surface area (Å²) >= 11 is 0. The summed E-state index contributed by atoms with van der Waals surface area (Å²) < 4.78 is 15.6. The highest BCUT2D eigenvalue weighted by Gasteiger charge is 2.16. The third kappa shape index (κ3) is 3.86. The van der Waals surface area contributed by atoms with Crippen LogP contribution in [0.2, 0.25) is 0 Å².